The number of fused-ring (bicyclic) bond motifs is 1. The third-order valence-electron chi connectivity index (χ3n) is 4.25. The molecule has 2 aromatic rings. The monoisotopic (exact) mass is 396 g/mol. The van der Waals surface area contributed by atoms with Gasteiger partial charge in [-0.3, -0.25) is 9.59 Å². The fraction of sp³-hybridized carbons (Fsp3) is 0.438. The molecular formula is C16H20N4O6S. The molecule has 11 heteroatoms. The van der Waals surface area contributed by atoms with E-state index >= 15 is 0 Å². The number of amides is 1. The first-order chi connectivity index (χ1) is 12.7. The molecule has 1 unspecified atom stereocenters. The van der Waals surface area contributed by atoms with Crippen LogP contribution < -0.4 is 0 Å². The fourth-order valence-corrected chi connectivity index (χ4v) is 3.72. The van der Waals surface area contributed by atoms with Crippen LogP contribution in [0, 0.1) is 0 Å². The molecule has 0 spiro atoms. The molecule has 3 heterocycles. The number of ether oxygens (including phenoxy) is 1. The van der Waals surface area contributed by atoms with Gasteiger partial charge in [0.15, 0.2) is 0 Å². The lowest BCUT2D eigenvalue weighted by molar-refractivity contribution is -0.137. The van der Waals surface area contributed by atoms with Gasteiger partial charge in [-0.15, -0.1) is 0 Å². The second kappa shape index (κ2) is 7.62. The lowest BCUT2D eigenvalue weighted by atomic mass is 10.2. The van der Waals surface area contributed by atoms with Crippen LogP contribution in [0.4, 0.5) is 0 Å². The summed E-state index contributed by atoms with van der Waals surface area (Å²) >= 11 is 0. The third-order valence-corrected chi connectivity index (χ3v) is 5.47. The van der Waals surface area contributed by atoms with Crippen molar-refractivity contribution < 1.29 is 27.9 Å². The lowest BCUT2D eigenvalue weighted by Crippen LogP contribution is -2.51. The summed E-state index contributed by atoms with van der Waals surface area (Å²) in [6, 6.07) is 3.42. The summed E-state index contributed by atoms with van der Waals surface area (Å²) < 4.78 is 31.7. The molecule has 0 aromatic carbocycles. The minimum Gasteiger partial charge on any atom is -0.480 e. The largest absolute Gasteiger partial charge is 0.480 e. The molecule has 2 aromatic heterocycles. The van der Waals surface area contributed by atoms with Gasteiger partial charge in [0.25, 0.3) is 5.91 Å². The van der Waals surface area contributed by atoms with Gasteiger partial charge in [-0.25, -0.2) is 13.4 Å². The third kappa shape index (κ3) is 4.62. The van der Waals surface area contributed by atoms with Gasteiger partial charge in [-0.1, -0.05) is 0 Å². The first kappa shape index (κ1) is 19.3. The van der Waals surface area contributed by atoms with Crippen LogP contribution >= 0.6 is 0 Å². The Morgan fingerprint density at radius 2 is 2.19 bits per heavy atom. The van der Waals surface area contributed by atoms with E-state index < -0.39 is 28.6 Å². The SMILES string of the molecule is CS(=O)(=O)N(CC(=O)O)CC1CN(C(=O)c2ccc3nccn3c2)CCO1. The van der Waals surface area contributed by atoms with Gasteiger partial charge in [-0.2, -0.15) is 4.31 Å². The minimum absolute atomic E-state index is 0.129. The van der Waals surface area contributed by atoms with Crippen molar-refractivity contribution in [2.75, 3.05) is 39.0 Å². The molecule has 1 fully saturated rings. The number of hydrogen-bond donors (Lipinski definition) is 1. The molecule has 1 aliphatic heterocycles. The van der Waals surface area contributed by atoms with Crippen molar-refractivity contribution in [3.05, 3.63) is 36.3 Å². The maximum atomic E-state index is 12.8. The molecule has 1 N–H and O–H groups in total. The summed E-state index contributed by atoms with van der Waals surface area (Å²) in [5, 5.41) is 8.92. The Labute approximate surface area is 156 Å². The molecule has 10 nitrogen and oxygen atoms in total. The number of carboxylic acid groups (broad SMARTS) is 1. The molecule has 0 radical (unpaired) electrons. The number of rotatable bonds is 6. The number of sulfonamides is 1. The normalized spacial score (nSPS) is 18.1. The summed E-state index contributed by atoms with van der Waals surface area (Å²) in [6.07, 6.45) is 5.40. The average Bonchev–Trinajstić information content (AvgIpc) is 3.07. The number of carboxylic acids is 1. The van der Waals surface area contributed by atoms with Gasteiger partial charge in [0.05, 0.1) is 24.5 Å². The van der Waals surface area contributed by atoms with Crippen LogP contribution in [0.3, 0.4) is 0 Å². The highest BCUT2D eigenvalue weighted by atomic mass is 32.2. The second-order valence-electron chi connectivity index (χ2n) is 6.30. The maximum absolute atomic E-state index is 12.8. The molecule has 0 bridgehead atoms. The van der Waals surface area contributed by atoms with E-state index in [9.17, 15) is 18.0 Å². The predicted molar refractivity (Wildman–Crippen MR) is 94.9 cm³/mol. The summed E-state index contributed by atoms with van der Waals surface area (Å²) in [5.74, 6) is -1.46. The summed E-state index contributed by atoms with van der Waals surface area (Å²) in [4.78, 5) is 29.4. The Balaban J connectivity index is 1.71. The van der Waals surface area contributed by atoms with E-state index in [1.807, 2.05) is 0 Å². The summed E-state index contributed by atoms with van der Waals surface area (Å²) in [6.45, 7) is 0.00927. The number of carbonyl (C=O) groups is 2. The smallest absolute Gasteiger partial charge is 0.318 e. The van der Waals surface area contributed by atoms with Crippen LogP contribution in [0.1, 0.15) is 10.4 Å². The zero-order valence-corrected chi connectivity index (χ0v) is 15.5. The van der Waals surface area contributed by atoms with Gasteiger partial charge >= 0.3 is 5.97 Å². The Morgan fingerprint density at radius 3 is 2.89 bits per heavy atom. The Morgan fingerprint density at radius 1 is 1.41 bits per heavy atom. The molecule has 1 amide bonds. The van der Waals surface area contributed by atoms with E-state index in [-0.39, 0.29) is 25.6 Å². The van der Waals surface area contributed by atoms with E-state index in [1.165, 1.54) is 0 Å². The maximum Gasteiger partial charge on any atom is 0.318 e. The molecule has 0 saturated carbocycles. The van der Waals surface area contributed by atoms with Crippen molar-refractivity contribution in [3.63, 3.8) is 0 Å². The van der Waals surface area contributed by atoms with E-state index in [1.54, 1.807) is 40.0 Å². The van der Waals surface area contributed by atoms with E-state index in [2.05, 4.69) is 4.98 Å². The van der Waals surface area contributed by atoms with Crippen LogP contribution in [0.2, 0.25) is 0 Å². The number of hydrogen-bond acceptors (Lipinski definition) is 6. The zero-order valence-electron chi connectivity index (χ0n) is 14.7. The second-order valence-corrected chi connectivity index (χ2v) is 8.29. The Bertz CT molecular complexity index is 957. The standard InChI is InChI=1S/C16H20N4O6S/c1-27(24,25)20(11-15(21)22)10-13-9-19(6-7-26-13)16(23)12-2-3-14-17-4-5-18(14)8-12/h2-5,8,13H,6-7,9-11H2,1H3,(H,21,22). The highest BCUT2D eigenvalue weighted by Crippen LogP contribution is 2.14. The number of aromatic nitrogens is 2. The van der Waals surface area contributed by atoms with Gasteiger partial charge in [0, 0.05) is 38.2 Å². The van der Waals surface area contributed by atoms with Gasteiger partial charge in [0.2, 0.25) is 10.0 Å². The predicted octanol–water partition coefficient (Wildman–Crippen LogP) is -0.478. The molecule has 27 heavy (non-hydrogen) atoms. The van der Waals surface area contributed by atoms with Crippen molar-refractivity contribution in [2.45, 2.75) is 6.10 Å². The molecule has 1 aliphatic rings. The highest BCUT2D eigenvalue weighted by Gasteiger charge is 2.30. The van der Waals surface area contributed by atoms with E-state index in [0.717, 1.165) is 16.2 Å². The summed E-state index contributed by atoms with van der Waals surface area (Å²) in [5.41, 5.74) is 1.20. The van der Waals surface area contributed by atoms with Gasteiger partial charge in [0.1, 0.15) is 12.2 Å². The van der Waals surface area contributed by atoms with Crippen LogP contribution in [0.25, 0.3) is 5.65 Å². The number of nitrogens with zero attached hydrogens (tertiary/aromatic N) is 4. The van der Waals surface area contributed by atoms with Crippen LogP contribution in [-0.4, -0.2) is 89.1 Å². The molecule has 1 saturated heterocycles. The average molecular weight is 396 g/mol. The highest BCUT2D eigenvalue weighted by molar-refractivity contribution is 7.88. The number of pyridine rings is 1. The van der Waals surface area contributed by atoms with Gasteiger partial charge in [-0.05, 0) is 12.1 Å². The number of imidazole rings is 1. The zero-order chi connectivity index (χ0) is 19.6. The van der Waals surface area contributed by atoms with Crippen molar-refractivity contribution in [1.29, 1.82) is 0 Å². The van der Waals surface area contributed by atoms with E-state index in [4.69, 9.17) is 9.84 Å². The quantitative estimate of drug-likeness (QED) is 0.700. The topological polar surface area (TPSA) is 122 Å². The van der Waals surface area contributed by atoms with Crippen molar-refractivity contribution >= 4 is 27.5 Å². The van der Waals surface area contributed by atoms with Crippen LogP contribution in [0.5, 0.6) is 0 Å². The molecular weight excluding hydrogens is 376 g/mol. The van der Waals surface area contributed by atoms with Crippen LogP contribution in [-0.2, 0) is 19.6 Å². The summed E-state index contributed by atoms with van der Waals surface area (Å²) in [7, 11) is -3.71. The van der Waals surface area contributed by atoms with E-state index in [0.29, 0.717) is 12.1 Å². The first-order valence-corrected chi connectivity index (χ1v) is 10.1. The number of morpholine rings is 1. The Hall–Kier alpha value is -2.50. The lowest BCUT2D eigenvalue weighted by Gasteiger charge is -2.34. The molecule has 0 aliphatic carbocycles. The Kier molecular flexibility index (Phi) is 5.44. The minimum atomic E-state index is -3.71. The first-order valence-electron chi connectivity index (χ1n) is 8.24. The van der Waals surface area contributed by atoms with Gasteiger partial charge < -0.3 is 19.1 Å². The molecule has 3 rings (SSSR count). The van der Waals surface area contributed by atoms with Crippen molar-refractivity contribution in [1.82, 2.24) is 18.6 Å². The van der Waals surface area contributed by atoms with Crippen molar-refractivity contribution in [2.24, 2.45) is 0 Å². The fourth-order valence-electron chi connectivity index (χ4n) is 2.94. The number of aliphatic carboxylic acids is 1. The van der Waals surface area contributed by atoms with Crippen LogP contribution in [0.15, 0.2) is 30.7 Å². The van der Waals surface area contributed by atoms with Crippen molar-refractivity contribution in [3.8, 4) is 0 Å². The molecule has 146 valence electrons. The molecule has 1 atom stereocenters. The number of carbonyl (C=O) groups excluding carboxylic acids is 1.